The van der Waals surface area contributed by atoms with E-state index in [-0.39, 0.29) is 24.4 Å². The van der Waals surface area contributed by atoms with Crippen LogP contribution in [0, 0.1) is 0 Å². The highest BCUT2D eigenvalue weighted by Crippen LogP contribution is 2.26. The van der Waals surface area contributed by atoms with Crippen molar-refractivity contribution < 1.29 is 23.1 Å². The molecule has 3 aromatic rings. The molecule has 36 heavy (non-hydrogen) atoms. The summed E-state index contributed by atoms with van der Waals surface area (Å²) in [4.78, 5) is 39.0. The lowest BCUT2D eigenvalue weighted by atomic mass is 10.0. The number of sulfone groups is 1. The van der Waals surface area contributed by atoms with Gasteiger partial charge in [-0.25, -0.2) is 8.42 Å². The first-order valence-corrected chi connectivity index (χ1v) is 13.8. The maximum atomic E-state index is 13.1. The van der Waals surface area contributed by atoms with Crippen molar-refractivity contribution in [3.63, 3.8) is 0 Å². The number of aromatic nitrogens is 1. The van der Waals surface area contributed by atoms with Crippen LogP contribution in [0.25, 0.3) is 21.9 Å². The number of likely N-dealkylation sites (tertiary alicyclic amines) is 1. The number of aliphatic hydroxyl groups excluding tert-OH is 1. The smallest absolute Gasteiger partial charge is 0.258 e. The second-order valence-corrected chi connectivity index (χ2v) is 12.0. The van der Waals surface area contributed by atoms with Crippen LogP contribution in [0.5, 0.6) is 0 Å². The van der Waals surface area contributed by atoms with Gasteiger partial charge in [-0.1, -0.05) is 30.3 Å². The highest BCUT2D eigenvalue weighted by Gasteiger charge is 2.42. The number of amides is 1. The molecular weight excluding hydrogens is 480 g/mol. The van der Waals surface area contributed by atoms with Gasteiger partial charge in [-0.15, -0.1) is 0 Å². The van der Waals surface area contributed by atoms with E-state index in [1.165, 1.54) is 11.5 Å². The van der Waals surface area contributed by atoms with E-state index < -0.39 is 27.0 Å². The van der Waals surface area contributed by atoms with Gasteiger partial charge in [0.2, 0.25) is 5.91 Å². The molecule has 1 atom stereocenters. The molecule has 0 radical (unpaired) electrons. The predicted molar refractivity (Wildman–Crippen MR) is 138 cm³/mol. The topological polar surface area (TPSA) is 114 Å². The molecule has 190 valence electrons. The molecule has 9 heteroatoms. The highest BCUT2D eigenvalue weighted by molar-refractivity contribution is 7.92. The van der Waals surface area contributed by atoms with Crippen LogP contribution in [0.4, 0.5) is 0 Å². The summed E-state index contributed by atoms with van der Waals surface area (Å²) < 4.78 is 24.1. The molecule has 4 rings (SSSR count). The van der Waals surface area contributed by atoms with E-state index in [0.29, 0.717) is 18.4 Å². The molecule has 1 aliphatic heterocycles. The van der Waals surface area contributed by atoms with E-state index >= 15 is 0 Å². The fraction of sp³-hybridized carbons (Fsp3) is 0.370. The zero-order chi connectivity index (χ0) is 26.1. The molecule has 0 unspecified atom stereocenters. The summed E-state index contributed by atoms with van der Waals surface area (Å²) >= 11 is 0. The van der Waals surface area contributed by atoms with Gasteiger partial charge in [0.25, 0.3) is 5.56 Å². The first-order chi connectivity index (χ1) is 17.0. The number of fused-ring (bicyclic) bond motifs is 1. The Morgan fingerprint density at radius 3 is 2.36 bits per heavy atom. The lowest BCUT2D eigenvalue weighted by molar-refractivity contribution is -0.128. The van der Waals surface area contributed by atoms with E-state index in [1.54, 1.807) is 18.3 Å². The first-order valence-electron chi connectivity index (χ1n) is 11.9. The van der Waals surface area contributed by atoms with Crippen molar-refractivity contribution in [2.75, 3.05) is 19.4 Å². The molecule has 1 amide bonds. The van der Waals surface area contributed by atoms with Crippen LogP contribution >= 0.6 is 0 Å². The number of rotatable bonds is 9. The summed E-state index contributed by atoms with van der Waals surface area (Å²) in [7, 11) is -3.79. The van der Waals surface area contributed by atoms with Crippen molar-refractivity contribution in [3.8, 4) is 11.1 Å². The molecule has 2 aromatic carbocycles. The summed E-state index contributed by atoms with van der Waals surface area (Å²) in [6, 6.07) is 15.4. The van der Waals surface area contributed by atoms with E-state index in [9.17, 15) is 27.9 Å². The Hall–Kier alpha value is -3.30. The van der Waals surface area contributed by atoms with Gasteiger partial charge in [-0.2, -0.15) is 0 Å². The molecular formula is C27H30N2O6S. The van der Waals surface area contributed by atoms with Crippen LogP contribution in [0.1, 0.15) is 31.7 Å². The number of aryl methyl sites for hydroxylation is 1. The average molecular weight is 511 g/mol. The van der Waals surface area contributed by atoms with Gasteiger partial charge < -0.3 is 14.6 Å². The third-order valence-corrected chi connectivity index (χ3v) is 9.26. The van der Waals surface area contributed by atoms with Crippen molar-refractivity contribution >= 4 is 32.3 Å². The highest BCUT2D eigenvalue weighted by atomic mass is 32.2. The summed E-state index contributed by atoms with van der Waals surface area (Å²) in [6.45, 7) is 1.84. The van der Waals surface area contributed by atoms with E-state index in [0.717, 1.165) is 41.3 Å². The number of pyridine rings is 1. The van der Waals surface area contributed by atoms with Gasteiger partial charge in [0.1, 0.15) is 11.4 Å². The van der Waals surface area contributed by atoms with Gasteiger partial charge in [-0.05, 0) is 60.0 Å². The van der Waals surface area contributed by atoms with Crippen molar-refractivity contribution in [2.45, 2.75) is 44.0 Å². The Kier molecular flexibility index (Phi) is 7.15. The SMILES string of the molecule is C[C@@](CCn1ccc2cc(-c3ccc(CN4CCCC4=O)cc3)ccc2c1=O)(C(=O)CO)S(C)(=O)=O. The van der Waals surface area contributed by atoms with Gasteiger partial charge in [-0.3, -0.25) is 14.4 Å². The average Bonchev–Trinajstić information content (AvgIpc) is 3.26. The number of Topliss-reactive ketones (excluding diaryl/α,β-unsaturated/α-hetero) is 1. The van der Waals surface area contributed by atoms with Gasteiger partial charge in [0.15, 0.2) is 15.6 Å². The zero-order valence-corrected chi connectivity index (χ0v) is 21.3. The number of benzene rings is 2. The quantitative estimate of drug-likeness (QED) is 0.473. The second-order valence-electron chi connectivity index (χ2n) is 9.57. The molecule has 1 N–H and O–H groups in total. The summed E-state index contributed by atoms with van der Waals surface area (Å²) in [5, 5.41) is 10.5. The molecule has 8 nitrogen and oxygen atoms in total. The minimum absolute atomic E-state index is 0.0207. The van der Waals surface area contributed by atoms with Crippen LogP contribution in [0.2, 0.25) is 0 Å². The largest absolute Gasteiger partial charge is 0.389 e. The van der Waals surface area contributed by atoms with Gasteiger partial charge >= 0.3 is 0 Å². The molecule has 0 spiro atoms. The third-order valence-electron chi connectivity index (χ3n) is 7.19. The number of aliphatic hydroxyl groups is 1. The lowest BCUT2D eigenvalue weighted by Gasteiger charge is -2.25. The lowest BCUT2D eigenvalue weighted by Crippen LogP contribution is -2.46. The van der Waals surface area contributed by atoms with Crippen LogP contribution in [-0.2, 0) is 32.5 Å². The van der Waals surface area contributed by atoms with Crippen molar-refractivity contribution in [1.82, 2.24) is 9.47 Å². The fourth-order valence-corrected chi connectivity index (χ4v) is 5.51. The van der Waals surface area contributed by atoms with Crippen LogP contribution in [0.3, 0.4) is 0 Å². The van der Waals surface area contributed by atoms with E-state index in [4.69, 9.17) is 0 Å². The second kappa shape index (κ2) is 9.99. The van der Waals surface area contributed by atoms with Crippen molar-refractivity contribution in [3.05, 3.63) is 70.6 Å². The molecule has 1 aromatic heterocycles. The Labute approximate surface area is 210 Å². The van der Waals surface area contributed by atoms with Gasteiger partial charge in [0, 0.05) is 43.9 Å². The number of hydrogen-bond acceptors (Lipinski definition) is 6. The van der Waals surface area contributed by atoms with E-state index in [1.807, 2.05) is 41.3 Å². The van der Waals surface area contributed by atoms with Crippen LogP contribution < -0.4 is 5.56 Å². The van der Waals surface area contributed by atoms with Crippen molar-refractivity contribution in [1.29, 1.82) is 0 Å². The summed E-state index contributed by atoms with van der Waals surface area (Å²) in [6.07, 6.45) is 3.97. The molecule has 0 saturated carbocycles. The number of carbonyl (C=O) groups is 2. The molecule has 1 fully saturated rings. The molecule has 0 bridgehead atoms. The molecule has 1 saturated heterocycles. The Morgan fingerprint density at radius 2 is 1.75 bits per heavy atom. The van der Waals surface area contributed by atoms with E-state index in [2.05, 4.69) is 0 Å². The van der Waals surface area contributed by atoms with Crippen LogP contribution in [0.15, 0.2) is 59.5 Å². The molecule has 2 heterocycles. The van der Waals surface area contributed by atoms with Crippen LogP contribution in [-0.4, -0.2) is 58.8 Å². The summed E-state index contributed by atoms with van der Waals surface area (Å²) in [5.74, 6) is -0.596. The number of hydrogen-bond donors (Lipinski definition) is 1. The minimum Gasteiger partial charge on any atom is -0.389 e. The zero-order valence-electron chi connectivity index (χ0n) is 20.4. The minimum atomic E-state index is -3.79. The van der Waals surface area contributed by atoms with Gasteiger partial charge in [0.05, 0.1) is 0 Å². The normalized spacial score (nSPS) is 15.9. The summed E-state index contributed by atoms with van der Waals surface area (Å²) in [5.41, 5.74) is 2.72. The fourth-order valence-electron chi connectivity index (χ4n) is 4.57. The Bertz CT molecular complexity index is 1480. The Morgan fingerprint density at radius 1 is 1.06 bits per heavy atom. The monoisotopic (exact) mass is 510 g/mol. The number of carbonyl (C=O) groups excluding carboxylic acids is 2. The third kappa shape index (κ3) is 4.99. The standard InChI is InChI=1S/C27H30N2O6S/c1-27(24(31)18-30,36(2,34)35)12-15-28-14-11-22-16-21(9-10-23(22)26(28)33)20-7-5-19(6-8-20)17-29-13-3-4-25(29)32/h5-11,14,16,30H,3-4,12-13,15,17-18H2,1-2H3/t27-/m1/s1. The van der Waals surface area contributed by atoms with Crippen molar-refractivity contribution in [2.24, 2.45) is 0 Å². The first kappa shape index (κ1) is 25.8. The molecule has 0 aliphatic carbocycles. The number of ketones is 1. The number of nitrogens with zero attached hydrogens (tertiary/aromatic N) is 2. The Balaban J connectivity index is 1.54. The predicted octanol–water partition coefficient (Wildman–Crippen LogP) is 2.55. The maximum absolute atomic E-state index is 13.1. The maximum Gasteiger partial charge on any atom is 0.258 e. The molecule has 1 aliphatic rings.